The molecule has 0 radical (unpaired) electrons. The van der Waals surface area contributed by atoms with Gasteiger partial charge in [-0.15, -0.1) is 0 Å². The Morgan fingerprint density at radius 3 is 2.46 bits per heavy atom. The Morgan fingerprint density at radius 2 is 1.89 bits per heavy atom. The van der Waals surface area contributed by atoms with E-state index < -0.39 is 10.2 Å². The summed E-state index contributed by atoms with van der Waals surface area (Å²) >= 11 is 0. The number of hydrogen-bond donors (Lipinski definition) is 1. The Balaban J connectivity index is 1.52. The Bertz CT molecular complexity index is 998. The van der Waals surface area contributed by atoms with Crippen LogP contribution in [0, 0.1) is 5.41 Å². The maximum atomic E-state index is 11.7. The zero-order valence-electron chi connectivity index (χ0n) is 16.3. The molecule has 0 bridgehead atoms. The fourth-order valence-electron chi connectivity index (χ4n) is 4.60. The fraction of sp³-hybridized carbons (Fsp3) is 0.556. The van der Waals surface area contributed by atoms with Crippen molar-refractivity contribution >= 4 is 26.8 Å². The fourth-order valence-corrected chi connectivity index (χ4v) is 5.53. The molecule has 1 aliphatic carbocycles. The molecule has 9 nitrogen and oxygen atoms in total. The summed E-state index contributed by atoms with van der Waals surface area (Å²) in [6, 6.07) is 3.75. The van der Waals surface area contributed by atoms with Crippen molar-refractivity contribution in [2.45, 2.75) is 25.8 Å². The van der Waals surface area contributed by atoms with Crippen LogP contribution in [-0.4, -0.2) is 62.8 Å². The molecule has 1 aromatic heterocycles. The van der Waals surface area contributed by atoms with Gasteiger partial charge in [0.1, 0.15) is 0 Å². The molecule has 1 saturated heterocycles. The second kappa shape index (κ2) is 6.71. The van der Waals surface area contributed by atoms with Crippen LogP contribution >= 0.6 is 0 Å². The van der Waals surface area contributed by atoms with Crippen LogP contribution in [-0.2, 0) is 10.2 Å². The molecular weight excluding hydrogens is 382 g/mol. The van der Waals surface area contributed by atoms with Crippen LogP contribution in [0.1, 0.15) is 19.8 Å². The number of fused-ring (bicyclic) bond motifs is 1. The zero-order valence-corrected chi connectivity index (χ0v) is 17.1. The van der Waals surface area contributed by atoms with Gasteiger partial charge in [-0.25, -0.2) is 5.14 Å². The number of aromatic nitrogens is 2. The van der Waals surface area contributed by atoms with Crippen molar-refractivity contribution in [3.8, 4) is 11.5 Å². The van der Waals surface area contributed by atoms with E-state index in [0.717, 1.165) is 42.5 Å². The van der Waals surface area contributed by atoms with Crippen LogP contribution in [0.5, 0.6) is 11.5 Å². The third kappa shape index (κ3) is 3.05. The largest absolute Gasteiger partial charge is 0.493 e. The molecule has 152 valence electrons. The van der Waals surface area contributed by atoms with Crippen LogP contribution in [0.4, 0.5) is 5.69 Å². The first-order valence-corrected chi connectivity index (χ1v) is 10.7. The number of hydrogen-bond acceptors (Lipinski definition) is 7. The first kappa shape index (κ1) is 19.2. The van der Waals surface area contributed by atoms with Gasteiger partial charge in [0, 0.05) is 42.5 Å². The normalized spacial score (nSPS) is 19.0. The summed E-state index contributed by atoms with van der Waals surface area (Å²) in [4.78, 5) is 2.26. The lowest BCUT2D eigenvalue weighted by atomic mass is 9.60. The Kier molecular flexibility index (Phi) is 4.59. The summed E-state index contributed by atoms with van der Waals surface area (Å²) in [5.74, 6) is 1.26. The molecule has 2 N–H and O–H groups in total. The Morgan fingerprint density at radius 1 is 1.25 bits per heavy atom. The summed E-state index contributed by atoms with van der Waals surface area (Å²) < 4.78 is 35.6. The number of ether oxygens (including phenoxy) is 2. The molecule has 1 spiro atoms. The predicted molar refractivity (Wildman–Crippen MR) is 106 cm³/mol. The number of nitrogens with two attached hydrogens (primary N) is 1. The van der Waals surface area contributed by atoms with Crippen molar-refractivity contribution in [3.63, 3.8) is 0 Å². The maximum absolute atomic E-state index is 11.7. The van der Waals surface area contributed by atoms with E-state index in [1.807, 2.05) is 19.1 Å². The van der Waals surface area contributed by atoms with Gasteiger partial charge in [-0.2, -0.15) is 22.9 Å². The second-order valence-electron chi connectivity index (χ2n) is 7.62. The van der Waals surface area contributed by atoms with Crippen molar-refractivity contribution in [3.05, 3.63) is 18.3 Å². The Labute approximate surface area is 164 Å². The van der Waals surface area contributed by atoms with Crippen LogP contribution in [0.3, 0.4) is 0 Å². The van der Waals surface area contributed by atoms with Crippen molar-refractivity contribution in [2.24, 2.45) is 10.6 Å². The molecule has 2 fully saturated rings. The smallest absolute Gasteiger partial charge is 0.277 e. The standard InChI is InChI=1S/C18H25N5O4S/c1-4-23(28(19,24)25)12-7-18(8-12)10-22(11-18)15-9-20-21-14-6-17(27-3)16(26-2)5-13(14)15/h5-6,9,12H,4,7-8,10-11H2,1-3H3,(H2,19,24,25). The lowest BCUT2D eigenvalue weighted by molar-refractivity contribution is 0.0153. The maximum Gasteiger partial charge on any atom is 0.277 e. The molecule has 0 amide bonds. The molecule has 1 aromatic carbocycles. The SMILES string of the molecule is CCN(C1CC2(C1)CN(c1cnnc3cc(OC)c(OC)cc13)C2)S(N)(=O)=O. The quantitative estimate of drug-likeness (QED) is 0.764. The van der Waals surface area contributed by atoms with Gasteiger partial charge in [-0.1, -0.05) is 6.92 Å². The molecule has 4 rings (SSSR count). The minimum Gasteiger partial charge on any atom is -0.493 e. The second-order valence-corrected chi connectivity index (χ2v) is 9.12. The van der Waals surface area contributed by atoms with E-state index in [1.165, 1.54) is 4.31 Å². The van der Waals surface area contributed by atoms with Gasteiger partial charge in [0.2, 0.25) is 0 Å². The summed E-state index contributed by atoms with van der Waals surface area (Å²) in [7, 11) is -0.444. The number of methoxy groups -OCH3 is 2. The van der Waals surface area contributed by atoms with Gasteiger partial charge < -0.3 is 14.4 Å². The molecule has 28 heavy (non-hydrogen) atoms. The van der Waals surface area contributed by atoms with Crippen LogP contribution in [0.25, 0.3) is 10.9 Å². The van der Waals surface area contributed by atoms with Gasteiger partial charge >= 0.3 is 0 Å². The number of nitrogens with zero attached hydrogens (tertiary/aromatic N) is 4. The summed E-state index contributed by atoms with van der Waals surface area (Å²) in [5, 5.41) is 14.6. The van der Waals surface area contributed by atoms with Gasteiger partial charge in [-0.3, -0.25) is 0 Å². The topological polar surface area (TPSA) is 111 Å². The van der Waals surface area contributed by atoms with Gasteiger partial charge in [0.05, 0.1) is 31.6 Å². The highest BCUT2D eigenvalue weighted by Gasteiger charge is 2.55. The van der Waals surface area contributed by atoms with Gasteiger partial charge in [0.15, 0.2) is 11.5 Å². The Hall–Kier alpha value is -2.17. The number of rotatable bonds is 6. The van der Waals surface area contributed by atoms with Gasteiger partial charge in [-0.05, 0) is 18.9 Å². The zero-order chi connectivity index (χ0) is 20.1. The average Bonchev–Trinajstić information content (AvgIpc) is 2.59. The number of benzene rings is 1. The monoisotopic (exact) mass is 407 g/mol. The van der Waals surface area contributed by atoms with E-state index >= 15 is 0 Å². The minimum absolute atomic E-state index is 0.00110. The first-order chi connectivity index (χ1) is 13.3. The molecule has 2 aliphatic rings. The molecule has 2 heterocycles. The van der Waals surface area contributed by atoms with E-state index in [4.69, 9.17) is 14.6 Å². The lowest BCUT2D eigenvalue weighted by Crippen LogP contribution is -2.67. The summed E-state index contributed by atoms with van der Waals surface area (Å²) in [6.45, 7) is 3.95. The highest BCUT2D eigenvalue weighted by molar-refractivity contribution is 7.86. The van der Waals surface area contributed by atoms with Crippen molar-refractivity contribution in [1.29, 1.82) is 0 Å². The third-order valence-electron chi connectivity index (χ3n) is 5.90. The number of anilines is 1. The first-order valence-electron chi connectivity index (χ1n) is 9.22. The lowest BCUT2D eigenvalue weighted by Gasteiger charge is -2.61. The van der Waals surface area contributed by atoms with E-state index in [-0.39, 0.29) is 11.5 Å². The molecule has 1 aliphatic heterocycles. The minimum atomic E-state index is -3.64. The van der Waals surface area contributed by atoms with Crippen LogP contribution in [0.15, 0.2) is 18.3 Å². The molecule has 2 aromatic rings. The van der Waals surface area contributed by atoms with E-state index in [1.54, 1.807) is 20.4 Å². The molecule has 10 heteroatoms. The molecule has 0 atom stereocenters. The molecular formula is C18H25N5O4S. The van der Waals surface area contributed by atoms with E-state index in [2.05, 4.69) is 15.1 Å². The summed E-state index contributed by atoms with van der Waals surface area (Å²) in [6.07, 6.45) is 3.43. The van der Waals surface area contributed by atoms with E-state index in [0.29, 0.717) is 18.0 Å². The highest BCUT2D eigenvalue weighted by atomic mass is 32.2. The van der Waals surface area contributed by atoms with Crippen molar-refractivity contribution in [2.75, 3.05) is 38.8 Å². The van der Waals surface area contributed by atoms with Crippen molar-refractivity contribution < 1.29 is 17.9 Å². The molecule has 0 unspecified atom stereocenters. The average molecular weight is 407 g/mol. The van der Waals surface area contributed by atoms with E-state index in [9.17, 15) is 8.42 Å². The molecule has 1 saturated carbocycles. The van der Waals surface area contributed by atoms with Crippen molar-refractivity contribution in [1.82, 2.24) is 14.5 Å². The van der Waals surface area contributed by atoms with Gasteiger partial charge in [0.25, 0.3) is 10.2 Å². The van der Waals surface area contributed by atoms with Crippen LogP contribution in [0.2, 0.25) is 0 Å². The predicted octanol–water partition coefficient (Wildman–Crippen LogP) is 1.14. The summed E-state index contributed by atoms with van der Waals surface area (Å²) in [5.41, 5.74) is 1.89. The third-order valence-corrected chi connectivity index (χ3v) is 7.11. The highest BCUT2D eigenvalue weighted by Crippen LogP contribution is 2.52. The van der Waals surface area contributed by atoms with Crippen LogP contribution < -0.4 is 19.5 Å².